The summed E-state index contributed by atoms with van der Waals surface area (Å²) < 4.78 is 79.3. The van der Waals surface area contributed by atoms with Crippen molar-refractivity contribution in [2.24, 2.45) is 7.05 Å². The highest BCUT2D eigenvalue weighted by molar-refractivity contribution is 7.92. The molecule has 19 heteroatoms. The van der Waals surface area contributed by atoms with Crippen LogP contribution in [0, 0.1) is 5.21 Å². The Balaban J connectivity index is 1.25. The van der Waals surface area contributed by atoms with E-state index in [-0.39, 0.29) is 36.3 Å². The Labute approximate surface area is 274 Å². The SMILES string of the molecule is Cn1c(CN(c2cnc3cc(N4CCOCC4)nc(OC4CCC(Nc5ncc(C(F)(F)F)cn5)CC4)c3c2)S(C)(=O)=O)cnc1N[O-]. The molecule has 1 saturated carbocycles. The second kappa shape index (κ2) is 13.6. The van der Waals surface area contributed by atoms with Crippen LogP contribution in [-0.2, 0) is 34.5 Å². The molecule has 1 aliphatic heterocycles. The first-order valence-electron chi connectivity index (χ1n) is 15.2. The first-order valence-corrected chi connectivity index (χ1v) is 17.1. The molecule has 0 radical (unpaired) electrons. The van der Waals surface area contributed by atoms with E-state index >= 15 is 0 Å². The number of rotatable bonds is 10. The van der Waals surface area contributed by atoms with Gasteiger partial charge in [0.25, 0.3) is 0 Å². The number of alkyl halides is 3. The van der Waals surface area contributed by atoms with Gasteiger partial charge in [-0.1, -0.05) is 0 Å². The van der Waals surface area contributed by atoms with Gasteiger partial charge in [0.2, 0.25) is 21.9 Å². The number of sulfonamides is 1. The lowest BCUT2D eigenvalue weighted by atomic mass is 9.93. The highest BCUT2D eigenvalue weighted by Crippen LogP contribution is 2.35. The van der Waals surface area contributed by atoms with Gasteiger partial charge in [0.05, 0.1) is 66.3 Å². The van der Waals surface area contributed by atoms with Crippen LogP contribution >= 0.6 is 0 Å². The van der Waals surface area contributed by atoms with Gasteiger partial charge in [-0.3, -0.25) is 9.29 Å². The lowest BCUT2D eigenvalue weighted by Crippen LogP contribution is -2.37. The number of nitrogens with zero attached hydrogens (tertiary/aromatic N) is 8. The van der Waals surface area contributed by atoms with Crippen LogP contribution in [0.5, 0.6) is 5.88 Å². The molecule has 2 aliphatic rings. The van der Waals surface area contributed by atoms with Crippen LogP contribution in [-0.4, -0.2) is 82.6 Å². The second-order valence-electron chi connectivity index (χ2n) is 11.7. The zero-order valence-corrected chi connectivity index (χ0v) is 27.0. The molecule has 5 heterocycles. The summed E-state index contributed by atoms with van der Waals surface area (Å²) in [5, 5.41) is 14.8. The minimum absolute atomic E-state index is 0.0439. The van der Waals surface area contributed by atoms with Gasteiger partial charge in [-0.05, 0) is 31.7 Å². The smallest absolute Gasteiger partial charge is 0.419 e. The summed E-state index contributed by atoms with van der Waals surface area (Å²) in [5.41, 5.74) is 2.13. The Morgan fingerprint density at radius 2 is 1.75 bits per heavy atom. The molecule has 0 atom stereocenters. The molecule has 4 aromatic heterocycles. The van der Waals surface area contributed by atoms with Crippen LogP contribution in [0.1, 0.15) is 36.9 Å². The van der Waals surface area contributed by atoms with Crippen molar-refractivity contribution in [1.29, 1.82) is 0 Å². The first kappa shape index (κ1) is 33.4. The molecule has 0 spiro atoms. The molecule has 48 heavy (non-hydrogen) atoms. The molecule has 0 unspecified atom stereocenters. The summed E-state index contributed by atoms with van der Waals surface area (Å²) in [5.74, 6) is 1.13. The lowest BCUT2D eigenvalue weighted by molar-refractivity contribution is -0.138. The molecule has 6 rings (SSSR count). The number of halogens is 3. The molecule has 0 amide bonds. The van der Waals surface area contributed by atoms with Gasteiger partial charge in [-0.2, -0.15) is 18.2 Å². The molecular weight excluding hydrogens is 657 g/mol. The van der Waals surface area contributed by atoms with E-state index in [9.17, 15) is 26.8 Å². The van der Waals surface area contributed by atoms with E-state index < -0.39 is 21.8 Å². The summed E-state index contributed by atoms with van der Waals surface area (Å²) in [4.78, 5) is 23.2. The summed E-state index contributed by atoms with van der Waals surface area (Å²) >= 11 is 0. The number of imidazole rings is 1. The van der Waals surface area contributed by atoms with E-state index in [0.717, 1.165) is 18.6 Å². The fourth-order valence-electron chi connectivity index (χ4n) is 5.70. The van der Waals surface area contributed by atoms with E-state index in [0.29, 0.717) is 80.3 Å². The number of ether oxygens (including phenoxy) is 2. The maximum absolute atomic E-state index is 13.0. The van der Waals surface area contributed by atoms with E-state index in [1.54, 1.807) is 18.6 Å². The summed E-state index contributed by atoms with van der Waals surface area (Å²) in [6, 6.07) is 3.44. The Morgan fingerprint density at radius 1 is 1.04 bits per heavy atom. The van der Waals surface area contributed by atoms with Gasteiger partial charge >= 0.3 is 6.18 Å². The van der Waals surface area contributed by atoms with Gasteiger partial charge in [0.1, 0.15) is 11.9 Å². The molecule has 2 N–H and O–H groups in total. The number of anilines is 4. The Bertz CT molecular complexity index is 1840. The Hall–Kier alpha value is -4.49. The average molecular weight is 692 g/mol. The average Bonchev–Trinajstić information content (AvgIpc) is 3.42. The molecule has 0 aromatic carbocycles. The van der Waals surface area contributed by atoms with Gasteiger partial charge < -0.3 is 34.9 Å². The van der Waals surface area contributed by atoms with Crippen LogP contribution in [0.4, 0.5) is 36.6 Å². The highest BCUT2D eigenvalue weighted by atomic mass is 32.2. The van der Waals surface area contributed by atoms with Gasteiger partial charge in [-0.25, -0.2) is 23.4 Å². The van der Waals surface area contributed by atoms with Crippen molar-refractivity contribution >= 4 is 44.3 Å². The third kappa shape index (κ3) is 7.47. The van der Waals surface area contributed by atoms with Crippen LogP contribution in [0.3, 0.4) is 0 Å². The largest absolute Gasteiger partial charge is 0.759 e. The zero-order valence-electron chi connectivity index (χ0n) is 26.1. The van der Waals surface area contributed by atoms with E-state index in [1.165, 1.54) is 21.3 Å². The Morgan fingerprint density at radius 3 is 2.38 bits per heavy atom. The Kier molecular flexibility index (Phi) is 9.44. The van der Waals surface area contributed by atoms with Crippen molar-refractivity contribution in [3.05, 3.63) is 53.4 Å². The number of pyridine rings is 2. The molecule has 2 fully saturated rings. The van der Waals surface area contributed by atoms with Crippen molar-refractivity contribution in [2.75, 3.05) is 52.6 Å². The summed E-state index contributed by atoms with van der Waals surface area (Å²) in [7, 11) is -2.21. The van der Waals surface area contributed by atoms with E-state index in [2.05, 4.69) is 30.2 Å². The molecule has 1 saturated heterocycles. The molecule has 4 aromatic rings. The van der Waals surface area contributed by atoms with E-state index in [4.69, 9.17) is 14.5 Å². The van der Waals surface area contributed by atoms with Crippen molar-refractivity contribution in [3.63, 3.8) is 0 Å². The van der Waals surface area contributed by atoms with Crippen LogP contribution in [0.15, 0.2) is 36.9 Å². The topological polar surface area (TPSA) is 176 Å². The van der Waals surface area contributed by atoms with Crippen LogP contribution in [0.25, 0.3) is 10.9 Å². The molecule has 258 valence electrons. The number of nitrogens with one attached hydrogen (secondary N) is 2. The number of hydrogen-bond donors (Lipinski definition) is 2. The van der Waals surface area contributed by atoms with Gasteiger partial charge in [0.15, 0.2) is 5.95 Å². The van der Waals surface area contributed by atoms with Crippen molar-refractivity contribution in [3.8, 4) is 5.88 Å². The third-order valence-electron chi connectivity index (χ3n) is 8.39. The number of fused-ring (bicyclic) bond motifs is 1. The summed E-state index contributed by atoms with van der Waals surface area (Å²) in [6.45, 7) is 2.25. The lowest BCUT2D eigenvalue weighted by Gasteiger charge is -2.31. The standard InChI is InChI=1S/C29H34F3N10O5S/c1-40-21(16-36-28(40)39-43)17-42(48(2,44)45)20-11-23-24(33-15-20)12-25(41-7-9-46-10-8-41)38-26(23)47-22-5-3-19(4-6-22)37-27-34-13-18(14-35-27)29(30,31)32/h11-16,19,22H,3-10,17H2,1-2H3,(H2-,34,35,36,37,39,43)/q-1. The van der Waals surface area contributed by atoms with Crippen LogP contribution in [0.2, 0.25) is 0 Å². The highest BCUT2D eigenvalue weighted by Gasteiger charge is 2.32. The normalized spacial score (nSPS) is 18.9. The molecule has 0 bridgehead atoms. The van der Waals surface area contributed by atoms with Gasteiger partial charge in [-0.15, -0.1) is 0 Å². The van der Waals surface area contributed by atoms with Crippen molar-refractivity contribution in [2.45, 2.75) is 50.6 Å². The summed E-state index contributed by atoms with van der Waals surface area (Å²) in [6.07, 6.45) is 3.26. The van der Waals surface area contributed by atoms with E-state index in [1.807, 2.05) is 6.07 Å². The van der Waals surface area contributed by atoms with Gasteiger partial charge in [0, 0.05) is 44.6 Å². The third-order valence-corrected chi connectivity index (χ3v) is 9.53. The predicted molar refractivity (Wildman–Crippen MR) is 171 cm³/mol. The first-order chi connectivity index (χ1) is 22.9. The van der Waals surface area contributed by atoms with Crippen LogP contribution < -0.4 is 24.7 Å². The molecule has 1 aliphatic carbocycles. The number of aromatic nitrogens is 6. The minimum atomic E-state index is -4.51. The monoisotopic (exact) mass is 691 g/mol. The van der Waals surface area contributed by atoms with Crippen molar-refractivity contribution < 1.29 is 31.1 Å². The number of hydrogen-bond acceptors (Lipinski definition) is 13. The van der Waals surface area contributed by atoms with Crippen molar-refractivity contribution in [1.82, 2.24) is 29.5 Å². The molecular formula is C29H34F3N10O5S-. The quantitative estimate of drug-likeness (QED) is 0.231. The minimum Gasteiger partial charge on any atom is -0.759 e. The fourth-order valence-corrected chi connectivity index (χ4v) is 6.55. The second-order valence-corrected chi connectivity index (χ2v) is 13.6. The maximum atomic E-state index is 13.0. The number of morpholine rings is 1. The molecule has 15 nitrogen and oxygen atoms in total. The fraction of sp³-hybridized carbons (Fsp3) is 0.483. The maximum Gasteiger partial charge on any atom is 0.419 e. The zero-order chi connectivity index (χ0) is 34.1. The predicted octanol–water partition coefficient (Wildman–Crippen LogP) is 3.69.